The number of nitro benzene ring substituents is 1. The maximum absolute atomic E-state index is 10.5. The van der Waals surface area contributed by atoms with Crippen LogP contribution in [0.25, 0.3) is 0 Å². The summed E-state index contributed by atoms with van der Waals surface area (Å²) in [6.45, 7) is 0. The molecule has 0 amide bonds. The summed E-state index contributed by atoms with van der Waals surface area (Å²) in [7, 11) is 0. The van der Waals surface area contributed by atoms with Gasteiger partial charge in [-0.2, -0.15) is 0 Å². The average molecular weight is 339 g/mol. The number of nitro groups is 1. The van der Waals surface area contributed by atoms with E-state index in [0.717, 1.165) is 22.8 Å². The molecule has 0 saturated heterocycles. The van der Waals surface area contributed by atoms with Crippen molar-refractivity contribution in [2.45, 2.75) is 0 Å². The molecule has 0 unspecified atom stereocenters. The number of nitrogens with zero attached hydrogens (tertiary/aromatic N) is 1. The number of aromatic carboxylic acids is 2. The van der Waals surface area contributed by atoms with Gasteiger partial charge in [0.1, 0.15) is 5.69 Å². The van der Waals surface area contributed by atoms with Crippen LogP contribution in [0.2, 0.25) is 5.02 Å². The minimum Gasteiger partial charge on any atom is -0.545 e. The van der Waals surface area contributed by atoms with E-state index in [1.807, 2.05) is 24.3 Å². The summed E-state index contributed by atoms with van der Waals surface area (Å²) < 4.78 is 0. The SMILES string of the molecule is O=C([O-])c1cc([N+](=O)[O-])ccc1C(=O)O.[NH3+]c1ccc(Cl)cc1. The average Bonchev–Trinajstić information content (AvgIpc) is 2.50. The van der Waals surface area contributed by atoms with Crippen molar-refractivity contribution in [2.75, 3.05) is 0 Å². The second-order valence-corrected chi connectivity index (χ2v) is 4.64. The third kappa shape index (κ3) is 5.38. The molecule has 0 radical (unpaired) electrons. The Balaban J connectivity index is 0.000000277. The fraction of sp³-hybridized carbons (Fsp3) is 0. The van der Waals surface area contributed by atoms with Crippen molar-refractivity contribution >= 4 is 34.9 Å². The van der Waals surface area contributed by atoms with E-state index < -0.39 is 33.7 Å². The molecular formula is C14H11ClN2O6. The number of carbonyl (C=O) groups excluding carboxylic acids is 1. The first-order valence-corrected chi connectivity index (χ1v) is 6.40. The van der Waals surface area contributed by atoms with Gasteiger partial charge < -0.3 is 20.7 Å². The third-order valence-electron chi connectivity index (χ3n) is 2.58. The van der Waals surface area contributed by atoms with E-state index in [2.05, 4.69) is 5.73 Å². The van der Waals surface area contributed by atoms with Gasteiger partial charge in [0, 0.05) is 34.9 Å². The Bertz CT molecular complexity index is 724. The number of hydrogen-bond acceptors (Lipinski definition) is 5. The number of benzene rings is 2. The maximum Gasteiger partial charge on any atom is 0.336 e. The zero-order valence-electron chi connectivity index (χ0n) is 11.6. The number of quaternary nitrogens is 1. The van der Waals surface area contributed by atoms with Crippen molar-refractivity contribution in [3.8, 4) is 0 Å². The van der Waals surface area contributed by atoms with Gasteiger partial charge in [-0.3, -0.25) is 10.1 Å². The van der Waals surface area contributed by atoms with Crippen LogP contribution in [0.15, 0.2) is 42.5 Å². The van der Waals surface area contributed by atoms with Crippen LogP contribution < -0.4 is 10.8 Å². The highest BCUT2D eigenvalue weighted by atomic mass is 35.5. The molecule has 0 aliphatic rings. The van der Waals surface area contributed by atoms with E-state index in [-0.39, 0.29) is 0 Å². The Morgan fingerprint density at radius 2 is 1.65 bits per heavy atom. The van der Waals surface area contributed by atoms with E-state index in [1.165, 1.54) is 0 Å². The molecule has 0 heterocycles. The lowest BCUT2D eigenvalue weighted by atomic mass is 10.1. The van der Waals surface area contributed by atoms with Gasteiger partial charge in [-0.1, -0.05) is 11.6 Å². The van der Waals surface area contributed by atoms with Gasteiger partial charge in [0.25, 0.3) is 5.69 Å². The van der Waals surface area contributed by atoms with Crippen molar-refractivity contribution in [3.63, 3.8) is 0 Å². The first-order valence-electron chi connectivity index (χ1n) is 6.03. The third-order valence-corrected chi connectivity index (χ3v) is 2.83. The summed E-state index contributed by atoms with van der Waals surface area (Å²) in [4.78, 5) is 30.5. The zero-order valence-corrected chi connectivity index (χ0v) is 12.3. The van der Waals surface area contributed by atoms with Gasteiger partial charge in [0.05, 0.1) is 16.5 Å². The first-order chi connectivity index (χ1) is 10.7. The van der Waals surface area contributed by atoms with Crippen LogP contribution >= 0.6 is 11.6 Å². The van der Waals surface area contributed by atoms with E-state index >= 15 is 0 Å². The summed E-state index contributed by atoms with van der Waals surface area (Å²) in [5.74, 6) is -3.25. The van der Waals surface area contributed by atoms with Crippen LogP contribution in [0.3, 0.4) is 0 Å². The van der Waals surface area contributed by atoms with E-state index in [4.69, 9.17) is 16.7 Å². The standard InChI is InChI=1S/C8H5NO6.C6H6ClN/c10-7(11)5-2-1-4(9(14)15)3-6(5)8(12)13;7-5-1-3-6(8)4-2-5/h1-3H,(H,10,11)(H,12,13);1-4H,8H2. The molecule has 0 aliphatic carbocycles. The second kappa shape index (κ2) is 7.87. The van der Waals surface area contributed by atoms with Gasteiger partial charge in [-0.05, 0) is 18.2 Å². The molecule has 120 valence electrons. The number of non-ortho nitro benzene ring substituents is 1. The zero-order chi connectivity index (χ0) is 17.6. The largest absolute Gasteiger partial charge is 0.545 e. The highest BCUT2D eigenvalue weighted by Crippen LogP contribution is 2.17. The molecule has 23 heavy (non-hydrogen) atoms. The quantitative estimate of drug-likeness (QED) is 0.626. The fourth-order valence-corrected chi connectivity index (χ4v) is 1.61. The second-order valence-electron chi connectivity index (χ2n) is 4.21. The number of hydrogen-bond donors (Lipinski definition) is 2. The van der Waals surface area contributed by atoms with Gasteiger partial charge in [-0.15, -0.1) is 0 Å². The monoisotopic (exact) mass is 338 g/mol. The van der Waals surface area contributed by atoms with Crippen LogP contribution in [0, 0.1) is 10.1 Å². The van der Waals surface area contributed by atoms with Gasteiger partial charge in [0.15, 0.2) is 0 Å². The molecule has 8 nitrogen and oxygen atoms in total. The normalized spacial score (nSPS) is 9.48. The maximum atomic E-state index is 10.5. The predicted molar refractivity (Wildman–Crippen MR) is 78.4 cm³/mol. The number of halogens is 1. The Morgan fingerprint density at radius 1 is 1.09 bits per heavy atom. The Hall–Kier alpha value is -2.97. The summed E-state index contributed by atoms with van der Waals surface area (Å²) in [6, 6.07) is 9.82. The molecule has 0 atom stereocenters. The number of rotatable bonds is 3. The van der Waals surface area contributed by atoms with Crippen LogP contribution in [-0.4, -0.2) is 22.0 Å². The lowest BCUT2D eigenvalue weighted by molar-refractivity contribution is -0.385. The van der Waals surface area contributed by atoms with E-state index in [0.29, 0.717) is 6.07 Å². The van der Waals surface area contributed by atoms with Crippen molar-refractivity contribution in [2.24, 2.45) is 0 Å². The smallest absolute Gasteiger partial charge is 0.336 e. The summed E-state index contributed by atoms with van der Waals surface area (Å²) in [5.41, 5.74) is 2.94. The van der Waals surface area contributed by atoms with Crippen molar-refractivity contribution in [3.05, 3.63) is 68.7 Å². The molecular weight excluding hydrogens is 328 g/mol. The van der Waals surface area contributed by atoms with Crippen molar-refractivity contribution < 1.29 is 30.5 Å². The minimum absolute atomic E-state index is 0.501. The fourth-order valence-electron chi connectivity index (χ4n) is 1.49. The molecule has 4 N–H and O–H groups in total. The molecule has 2 aromatic carbocycles. The van der Waals surface area contributed by atoms with E-state index in [1.54, 1.807) is 0 Å². The summed E-state index contributed by atoms with van der Waals surface area (Å²) in [6.07, 6.45) is 0. The molecule has 0 saturated carbocycles. The van der Waals surface area contributed by atoms with E-state index in [9.17, 15) is 24.8 Å². The van der Waals surface area contributed by atoms with Gasteiger partial charge in [0.2, 0.25) is 0 Å². The van der Waals surface area contributed by atoms with Crippen LogP contribution in [0.4, 0.5) is 11.4 Å². The lowest BCUT2D eigenvalue weighted by Gasteiger charge is -2.05. The molecule has 2 rings (SSSR count). The van der Waals surface area contributed by atoms with Crippen LogP contribution in [-0.2, 0) is 0 Å². The topological polar surface area (TPSA) is 148 Å². The van der Waals surface area contributed by atoms with Crippen LogP contribution in [0.1, 0.15) is 20.7 Å². The van der Waals surface area contributed by atoms with Gasteiger partial charge in [-0.25, -0.2) is 4.79 Å². The Morgan fingerprint density at radius 3 is 2.04 bits per heavy atom. The molecule has 0 bridgehead atoms. The van der Waals surface area contributed by atoms with Crippen LogP contribution in [0.5, 0.6) is 0 Å². The Kier molecular flexibility index (Phi) is 6.19. The van der Waals surface area contributed by atoms with Crippen molar-refractivity contribution in [1.29, 1.82) is 0 Å². The van der Waals surface area contributed by atoms with Crippen molar-refractivity contribution in [1.82, 2.24) is 0 Å². The minimum atomic E-state index is -1.77. The van der Waals surface area contributed by atoms with Gasteiger partial charge >= 0.3 is 5.97 Å². The molecule has 0 spiro atoms. The molecule has 9 heteroatoms. The molecule has 2 aromatic rings. The number of carbonyl (C=O) groups is 2. The lowest BCUT2D eigenvalue weighted by Crippen LogP contribution is -2.39. The highest BCUT2D eigenvalue weighted by Gasteiger charge is 2.15. The molecule has 0 aliphatic heterocycles. The molecule has 0 aromatic heterocycles. The first kappa shape index (κ1) is 18.1. The number of carboxylic acids is 2. The molecule has 0 fully saturated rings. The predicted octanol–water partition coefficient (Wildman–Crippen LogP) is 0.870. The Labute approximate surface area is 134 Å². The summed E-state index contributed by atoms with van der Waals surface area (Å²) >= 11 is 5.58. The number of carboxylic acid groups (broad SMARTS) is 2. The summed E-state index contributed by atoms with van der Waals surface area (Å²) in [5, 5.41) is 30.2. The highest BCUT2D eigenvalue weighted by molar-refractivity contribution is 6.30.